The van der Waals surface area contributed by atoms with Gasteiger partial charge in [0, 0.05) is 48.9 Å². The number of pyridine rings is 1. The number of rotatable bonds is 4. The highest BCUT2D eigenvalue weighted by Crippen LogP contribution is 2.37. The first-order valence-corrected chi connectivity index (χ1v) is 12.5. The molecule has 2 aromatic rings. The Balaban J connectivity index is 1.33. The maximum Gasteiger partial charge on any atom is 0.250 e. The summed E-state index contributed by atoms with van der Waals surface area (Å²) in [6.07, 6.45) is 4.93. The second-order valence-corrected chi connectivity index (χ2v) is 11.0. The number of aromatic nitrogens is 1. The summed E-state index contributed by atoms with van der Waals surface area (Å²) in [5.74, 6) is 0.240. The van der Waals surface area contributed by atoms with Gasteiger partial charge in [0.1, 0.15) is 0 Å². The lowest BCUT2D eigenvalue weighted by Crippen LogP contribution is -2.48. The van der Waals surface area contributed by atoms with E-state index in [-0.39, 0.29) is 34.1 Å². The Morgan fingerprint density at radius 1 is 0.968 bits per heavy atom. The summed E-state index contributed by atoms with van der Waals surface area (Å²) in [4.78, 5) is 24.7. The summed E-state index contributed by atoms with van der Waals surface area (Å²) in [6, 6.07) is 11.7. The highest BCUT2D eigenvalue weighted by Gasteiger charge is 2.39. The zero-order valence-corrected chi connectivity index (χ0v) is 18.2. The van der Waals surface area contributed by atoms with Crippen molar-refractivity contribution in [3.8, 4) is 0 Å². The minimum Gasteiger partial charge on any atom is -0.326 e. The fourth-order valence-electron chi connectivity index (χ4n) is 5.34. The maximum absolute atomic E-state index is 13.3. The minimum atomic E-state index is -3.64. The Hall–Kier alpha value is -2.45. The smallest absolute Gasteiger partial charge is 0.250 e. The van der Waals surface area contributed by atoms with E-state index >= 15 is 0 Å². The Morgan fingerprint density at radius 2 is 1.71 bits per heavy atom. The molecule has 3 heterocycles. The van der Waals surface area contributed by atoms with Crippen molar-refractivity contribution < 1.29 is 13.2 Å². The van der Waals surface area contributed by atoms with Gasteiger partial charge in [-0.25, -0.2) is 8.42 Å². The van der Waals surface area contributed by atoms with E-state index in [4.69, 9.17) is 0 Å². The first kappa shape index (κ1) is 20.5. The summed E-state index contributed by atoms with van der Waals surface area (Å²) in [7, 11) is -3.64. The number of hydrogen-bond donors (Lipinski definition) is 1. The average molecular weight is 442 g/mol. The van der Waals surface area contributed by atoms with Crippen molar-refractivity contribution in [1.29, 1.82) is 0 Å². The second kappa shape index (κ2) is 7.91. The van der Waals surface area contributed by atoms with Gasteiger partial charge in [-0.05, 0) is 55.5 Å². The van der Waals surface area contributed by atoms with Crippen LogP contribution in [-0.4, -0.2) is 36.3 Å². The molecule has 1 aliphatic carbocycles. The van der Waals surface area contributed by atoms with Gasteiger partial charge in [-0.1, -0.05) is 18.9 Å². The maximum atomic E-state index is 13.3. The Kier molecular flexibility index (Phi) is 5.22. The first-order chi connectivity index (χ1) is 14.9. The number of carbonyl (C=O) groups excluding carboxylic acids is 1. The van der Waals surface area contributed by atoms with E-state index in [0.29, 0.717) is 25.3 Å². The predicted octanol–water partition coefficient (Wildman–Crippen LogP) is 2.79. The van der Waals surface area contributed by atoms with Crippen LogP contribution in [0, 0.1) is 11.8 Å². The summed E-state index contributed by atoms with van der Waals surface area (Å²) < 4.78 is 30.0. The van der Waals surface area contributed by atoms with Crippen LogP contribution in [0.25, 0.3) is 0 Å². The van der Waals surface area contributed by atoms with Crippen LogP contribution in [0.3, 0.4) is 0 Å². The van der Waals surface area contributed by atoms with Crippen molar-refractivity contribution in [3.05, 3.63) is 58.5 Å². The minimum absolute atomic E-state index is 0.0150. The van der Waals surface area contributed by atoms with Gasteiger partial charge >= 0.3 is 0 Å². The summed E-state index contributed by atoms with van der Waals surface area (Å²) in [6.45, 7) is 1.35. The van der Waals surface area contributed by atoms with E-state index in [0.717, 1.165) is 37.8 Å². The van der Waals surface area contributed by atoms with Crippen molar-refractivity contribution in [1.82, 2.24) is 8.87 Å². The van der Waals surface area contributed by atoms with Crippen LogP contribution >= 0.6 is 0 Å². The lowest BCUT2D eigenvalue weighted by Gasteiger charge is -2.42. The van der Waals surface area contributed by atoms with Crippen molar-refractivity contribution in [2.45, 2.75) is 49.5 Å². The third kappa shape index (κ3) is 3.83. The SMILES string of the molecule is O=C(Nc1ccc(S(=O)(=O)N2C[C@H]3C[C@H](C2)c2cccc(=O)n2C3)cc1)C1CCCC1. The number of nitrogens with zero attached hydrogens (tertiary/aromatic N) is 2. The van der Waals surface area contributed by atoms with Gasteiger partial charge in [-0.3, -0.25) is 9.59 Å². The molecule has 2 atom stereocenters. The van der Waals surface area contributed by atoms with Gasteiger partial charge < -0.3 is 9.88 Å². The Bertz CT molecular complexity index is 1150. The molecule has 0 spiro atoms. The predicted molar refractivity (Wildman–Crippen MR) is 117 cm³/mol. The van der Waals surface area contributed by atoms with Crippen LogP contribution in [0.15, 0.2) is 52.2 Å². The van der Waals surface area contributed by atoms with Crippen molar-refractivity contribution in [2.75, 3.05) is 18.4 Å². The third-order valence-corrected chi connectivity index (χ3v) is 8.78. The molecule has 5 rings (SSSR count). The highest BCUT2D eigenvalue weighted by atomic mass is 32.2. The molecule has 0 unspecified atom stereocenters. The molecule has 3 aliphatic rings. The summed E-state index contributed by atoms with van der Waals surface area (Å²) >= 11 is 0. The molecule has 7 nitrogen and oxygen atoms in total. The zero-order valence-electron chi connectivity index (χ0n) is 17.4. The van der Waals surface area contributed by atoms with Gasteiger partial charge in [0.15, 0.2) is 0 Å². The molecule has 2 fully saturated rings. The molecule has 2 bridgehead atoms. The third-order valence-electron chi connectivity index (χ3n) is 6.93. The van der Waals surface area contributed by atoms with Gasteiger partial charge in [0.2, 0.25) is 15.9 Å². The van der Waals surface area contributed by atoms with Gasteiger partial charge in [-0.2, -0.15) is 4.31 Å². The molecule has 1 saturated heterocycles. The summed E-state index contributed by atoms with van der Waals surface area (Å²) in [5.41, 5.74) is 1.53. The zero-order chi connectivity index (χ0) is 21.6. The van der Waals surface area contributed by atoms with E-state index in [1.807, 2.05) is 6.07 Å². The lowest BCUT2D eigenvalue weighted by atomic mass is 9.84. The van der Waals surface area contributed by atoms with E-state index in [9.17, 15) is 18.0 Å². The molecule has 0 radical (unpaired) electrons. The van der Waals surface area contributed by atoms with Gasteiger partial charge in [-0.15, -0.1) is 0 Å². The molecular weight excluding hydrogens is 414 g/mol. The molecule has 1 saturated carbocycles. The number of nitrogens with one attached hydrogen (secondary N) is 1. The molecule has 164 valence electrons. The average Bonchev–Trinajstić information content (AvgIpc) is 3.30. The quantitative estimate of drug-likeness (QED) is 0.790. The van der Waals surface area contributed by atoms with Gasteiger partial charge in [0.25, 0.3) is 5.56 Å². The van der Waals surface area contributed by atoms with Crippen LogP contribution in [0.5, 0.6) is 0 Å². The number of anilines is 1. The van der Waals surface area contributed by atoms with E-state index < -0.39 is 10.0 Å². The van der Waals surface area contributed by atoms with Crippen LogP contribution in [-0.2, 0) is 21.4 Å². The fourth-order valence-corrected chi connectivity index (χ4v) is 6.90. The fraction of sp³-hybridized carbons (Fsp3) is 0.478. The number of hydrogen-bond acceptors (Lipinski definition) is 4. The molecular formula is C23H27N3O4S. The molecule has 1 amide bonds. The summed E-state index contributed by atoms with van der Waals surface area (Å²) in [5, 5.41) is 2.91. The number of benzene rings is 1. The molecule has 8 heteroatoms. The molecule has 2 aliphatic heterocycles. The number of amides is 1. The standard InChI is InChI=1S/C23H27N3O4S/c27-22-7-3-6-21-18-12-16(14-26(21)22)13-25(15-18)31(29,30)20-10-8-19(9-11-20)24-23(28)17-4-1-2-5-17/h3,6-11,16-18H,1-2,4-5,12-15H2,(H,24,28)/t16-,18-/m1/s1. The van der Waals surface area contributed by atoms with Crippen LogP contribution in [0.2, 0.25) is 0 Å². The van der Waals surface area contributed by atoms with Crippen LogP contribution in [0.1, 0.15) is 43.7 Å². The number of fused-ring (bicyclic) bond motifs is 4. The van der Waals surface area contributed by atoms with Crippen molar-refractivity contribution in [3.63, 3.8) is 0 Å². The van der Waals surface area contributed by atoms with E-state index in [1.54, 1.807) is 45.3 Å². The normalized spacial score (nSPS) is 24.0. The van der Waals surface area contributed by atoms with Crippen LogP contribution < -0.4 is 10.9 Å². The first-order valence-electron chi connectivity index (χ1n) is 11.0. The van der Waals surface area contributed by atoms with Crippen molar-refractivity contribution in [2.24, 2.45) is 11.8 Å². The van der Waals surface area contributed by atoms with Crippen LogP contribution in [0.4, 0.5) is 5.69 Å². The van der Waals surface area contributed by atoms with Gasteiger partial charge in [0.05, 0.1) is 4.90 Å². The monoisotopic (exact) mass is 441 g/mol. The number of carbonyl (C=O) groups is 1. The Labute approximate surface area is 182 Å². The van der Waals surface area contributed by atoms with Crippen molar-refractivity contribution >= 4 is 21.6 Å². The largest absolute Gasteiger partial charge is 0.326 e. The second-order valence-electron chi connectivity index (χ2n) is 9.02. The topological polar surface area (TPSA) is 88.5 Å². The highest BCUT2D eigenvalue weighted by molar-refractivity contribution is 7.89. The molecule has 1 aromatic carbocycles. The van der Waals surface area contributed by atoms with E-state index in [2.05, 4.69) is 5.32 Å². The Morgan fingerprint density at radius 3 is 2.45 bits per heavy atom. The lowest BCUT2D eigenvalue weighted by molar-refractivity contribution is -0.119. The molecule has 1 aromatic heterocycles. The molecule has 1 N–H and O–H groups in total. The van der Waals surface area contributed by atoms with E-state index in [1.165, 1.54) is 0 Å². The molecule has 31 heavy (non-hydrogen) atoms. The number of piperidine rings is 1. The number of sulfonamides is 1.